The van der Waals surface area contributed by atoms with E-state index in [0.29, 0.717) is 4.73 Å². The zero-order chi connectivity index (χ0) is 9.30. The number of hydrogen-bond donors (Lipinski definition) is 1. The Labute approximate surface area is 68.0 Å². The Bertz CT molecular complexity index is 337. The standard InChI is InChI=1S/C6H7N3O3/c1-4-6(7)5(9(11)12)2-3-8(4)10/h2-3H,7H2,1H3. The zero-order valence-corrected chi connectivity index (χ0v) is 6.35. The highest BCUT2D eigenvalue weighted by atomic mass is 16.6. The first-order valence-corrected chi connectivity index (χ1v) is 3.16. The molecule has 2 N–H and O–H groups in total. The molecule has 1 rings (SSSR count). The van der Waals surface area contributed by atoms with E-state index in [1.807, 2.05) is 0 Å². The van der Waals surface area contributed by atoms with E-state index in [4.69, 9.17) is 5.73 Å². The molecule has 0 amide bonds. The van der Waals surface area contributed by atoms with Crippen LogP contribution in [0.5, 0.6) is 0 Å². The van der Waals surface area contributed by atoms with Crippen LogP contribution in [0, 0.1) is 22.2 Å². The number of nitrogens with two attached hydrogens (primary N) is 1. The quantitative estimate of drug-likeness (QED) is 0.279. The zero-order valence-electron chi connectivity index (χ0n) is 6.35. The van der Waals surface area contributed by atoms with Crippen LogP contribution in [0.3, 0.4) is 0 Å². The number of rotatable bonds is 1. The second kappa shape index (κ2) is 2.65. The molecular formula is C6H7N3O3. The highest BCUT2D eigenvalue weighted by Crippen LogP contribution is 2.20. The molecule has 0 spiro atoms. The van der Waals surface area contributed by atoms with Gasteiger partial charge < -0.3 is 10.9 Å². The van der Waals surface area contributed by atoms with Gasteiger partial charge in [0.2, 0.25) is 5.69 Å². The van der Waals surface area contributed by atoms with Crippen LogP contribution in [0.1, 0.15) is 5.69 Å². The minimum Gasteiger partial charge on any atom is -0.618 e. The fourth-order valence-electron chi connectivity index (χ4n) is 0.803. The van der Waals surface area contributed by atoms with Gasteiger partial charge in [-0.15, -0.1) is 0 Å². The third-order valence-electron chi connectivity index (χ3n) is 1.56. The smallest absolute Gasteiger partial charge is 0.304 e. The first kappa shape index (κ1) is 8.25. The normalized spacial score (nSPS) is 9.75. The molecule has 0 bridgehead atoms. The lowest BCUT2D eigenvalue weighted by Gasteiger charge is -2.02. The molecule has 0 saturated carbocycles. The summed E-state index contributed by atoms with van der Waals surface area (Å²) < 4.78 is 0.488. The molecule has 1 aromatic rings. The maximum Gasteiger partial charge on any atom is 0.304 e. The average Bonchev–Trinajstić information content (AvgIpc) is 2.00. The van der Waals surface area contributed by atoms with E-state index in [-0.39, 0.29) is 17.1 Å². The van der Waals surface area contributed by atoms with Crippen molar-refractivity contribution in [3.8, 4) is 0 Å². The van der Waals surface area contributed by atoms with Crippen molar-refractivity contribution in [2.75, 3.05) is 5.73 Å². The minimum atomic E-state index is -0.623. The summed E-state index contributed by atoms with van der Waals surface area (Å²) in [5.74, 6) is 0. The van der Waals surface area contributed by atoms with Crippen LogP contribution < -0.4 is 10.5 Å². The molecule has 6 heteroatoms. The number of nitrogen functional groups attached to an aromatic ring is 1. The number of nitro groups is 1. The predicted molar refractivity (Wildman–Crippen MR) is 41.2 cm³/mol. The number of pyridine rings is 1. The maximum atomic E-state index is 10.8. The second-order valence-corrected chi connectivity index (χ2v) is 2.28. The molecule has 12 heavy (non-hydrogen) atoms. The summed E-state index contributed by atoms with van der Waals surface area (Å²) >= 11 is 0. The SMILES string of the molecule is Cc1c(N)c([N+](=O)[O-])cc[n+]1[O-]. The molecule has 64 valence electrons. The van der Waals surface area contributed by atoms with E-state index < -0.39 is 4.92 Å². The summed E-state index contributed by atoms with van der Waals surface area (Å²) in [6, 6.07) is 1.08. The lowest BCUT2D eigenvalue weighted by molar-refractivity contribution is -0.612. The molecule has 0 aliphatic heterocycles. The van der Waals surface area contributed by atoms with Crippen LogP contribution in [0.15, 0.2) is 12.3 Å². The Morgan fingerprint density at radius 1 is 1.67 bits per heavy atom. The molecule has 1 aromatic heterocycles. The van der Waals surface area contributed by atoms with Crippen molar-refractivity contribution in [2.24, 2.45) is 0 Å². The molecule has 0 aromatic carbocycles. The second-order valence-electron chi connectivity index (χ2n) is 2.28. The molecule has 0 radical (unpaired) electrons. The number of anilines is 1. The van der Waals surface area contributed by atoms with Gasteiger partial charge in [-0.1, -0.05) is 0 Å². The lowest BCUT2D eigenvalue weighted by atomic mass is 10.3. The van der Waals surface area contributed by atoms with Gasteiger partial charge in [0, 0.05) is 6.92 Å². The Morgan fingerprint density at radius 2 is 2.25 bits per heavy atom. The third kappa shape index (κ3) is 1.14. The van der Waals surface area contributed by atoms with Crippen LogP contribution in [-0.2, 0) is 0 Å². The fraction of sp³-hybridized carbons (Fsp3) is 0.167. The van der Waals surface area contributed by atoms with Gasteiger partial charge in [-0.25, -0.2) is 0 Å². The summed E-state index contributed by atoms with van der Waals surface area (Å²) in [6.07, 6.45) is 1.06. The maximum absolute atomic E-state index is 10.8. The molecule has 0 atom stereocenters. The number of hydrogen-bond acceptors (Lipinski definition) is 4. The highest BCUT2D eigenvalue weighted by Gasteiger charge is 2.18. The van der Waals surface area contributed by atoms with E-state index in [2.05, 4.69) is 0 Å². The molecule has 0 unspecified atom stereocenters. The molecular weight excluding hydrogens is 162 g/mol. The number of nitrogens with zero attached hydrogens (tertiary/aromatic N) is 2. The van der Waals surface area contributed by atoms with Gasteiger partial charge in [0.05, 0.1) is 11.0 Å². The highest BCUT2D eigenvalue weighted by molar-refractivity contribution is 5.58. The Morgan fingerprint density at radius 3 is 2.75 bits per heavy atom. The largest absolute Gasteiger partial charge is 0.618 e. The van der Waals surface area contributed by atoms with Gasteiger partial charge in [-0.05, 0) is 0 Å². The van der Waals surface area contributed by atoms with Crippen molar-refractivity contribution in [2.45, 2.75) is 6.92 Å². The average molecular weight is 169 g/mol. The number of aromatic nitrogens is 1. The van der Waals surface area contributed by atoms with Crippen LogP contribution in [0.4, 0.5) is 11.4 Å². The van der Waals surface area contributed by atoms with Gasteiger partial charge >= 0.3 is 5.69 Å². The molecule has 0 fully saturated rings. The summed E-state index contributed by atoms with van der Waals surface area (Å²) in [4.78, 5) is 9.68. The van der Waals surface area contributed by atoms with Crippen molar-refractivity contribution in [1.82, 2.24) is 0 Å². The summed E-state index contributed by atoms with van der Waals surface area (Å²) in [5, 5.41) is 21.1. The van der Waals surface area contributed by atoms with E-state index in [1.165, 1.54) is 6.92 Å². The van der Waals surface area contributed by atoms with E-state index in [0.717, 1.165) is 12.3 Å². The molecule has 0 saturated heterocycles. The topological polar surface area (TPSA) is 96.1 Å². The fourth-order valence-corrected chi connectivity index (χ4v) is 0.803. The van der Waals surface area contributed by atoms with Gasteiger partial charge in [-0.2, -0.15) is 4.73 Å². The first-order valence-electron chi connectivity index (χ1n) is 3.16. The van der Waals surface area contributed by atoms with Crippen LogP contribution in [0.2, 0.25) is 0 Å². The predicted octanol–water partition coefficient (Wildman–Crippen LogP) is 0.119. The first-order chi connectivity index (χ1) is 5.54. The lowest BCUT2D eigenvalue weighted by Crippen LogP contribution is -2.30. The van der Waals surface area contributed by atoms with Gasteiger partial charge in [0.25, 0.3) is 0 Å². The van der Waals surface area contributed by atoms with E-state index in [9.17, 15) is 15.3 Å². The van der Waals surface area contributed by atoms with E-state index in [1.54, 1.807) is 0 Å². The Hall–Kier alpha value is -1.85. The van der Waals surface area contributed by atoms with Crippen molar-refractivity contribution in [3.63, 3.8) is 0 Å². The van der Waals surface area contributed by atoms with Crippen molar-refractivity contribution in [3.05, 3.63) is 33.3 Å². The van der Waals surface area contributed by atoms with Crippen LogP contribution in [0.25, 0.3) is 0 Å². The Balaban J connectivity index is 3.36. The molecule has 0 aliphatic rings. The van der Waals surface area contributed by atoms with Gasteiger partial charge in [-0.3, -0.25) is 10.1 Å². The minimum absolute atomic E-state index is 0.0856. The Kier molecular flexibility index (Phi) is 1.82. The van der Waals surface area contributed by atoms with Gasteiger partial charge in [0.1, 0.15) is 0 Å². The van der Waals surface area contributed by atoms with E-state index >= 15 is 0 Å². The molecule has 1 heterocycles. The monoisotopic (exact) mass is 169 g/mol. The summed E-state index contributed by atoms with van der Waals surface area (Å²) in [5.41, 5.74) is 5.14. The molecule has 6 nitrogen and oxygen atoms in total. The van der Waals surface area contributed by atoms with Gasteiger partial charge in [0.15, 0.2) is 11.9 Å². The summed E-state index contributed by atoms with van der Waals surface area (Å²) in [7, 11) is 0. The third-order valence-corrected chi connectivity index (χ3v) is 1.56. The van der Waals surface area contributed by atoms with Crippen molar-refractivity contribution in [1.29, 1.82) is 0 Å². The molecule has 0 aliphatic carbocycles. The van der Waals surface area contributed by atoms with Crippen molar-refractivity contribution >= 4 is 11.4 Å². The summed E-state index contributed by atoms with van der Waals surface area (Å²) in [6.45, 7) is 1.43. The van der Waals surface area contributed by atoms with Crippen LogP contribution in [-0.4, -0.2) is 4.92 Å². The van der Waals surface area contributed by atoms with Crippen LogP contribution >= 0.6 is 0 Å². The van der Waals surface area contributed by atoms with Crippen molar-refractivity contribution < 1.29 is 9.65 Å².